The quantitative estimate of drug-likeness (QED) is 0.821. The Morgan fingerprint density at radius 2 is 1.89 bits per heavy atom. The number of rotatable bonds is 2. The molecule has 4 heteroatoms. The predicted molar refractivity (Wildman–Crippen MR) is 71.9 cm³/mol. The molecule has 18 heavy (non-hydrogen) atoms. The molecule has 4 N–H and O–H groups in total. The van der Waals surface area contributed by atoms with Crippen LogP contribution in [0.3, 0.4) is 0 Å². The summed E-state index contributed by atoms with van der Waals surface area (Å²) in [7, 11) is 0. The number of aliphatic imine (C=N–C) groups is 1. The molecule has 0 saturated carbocycles. The van der Waals surface area contributed by atoms with Crippen molar-refractivity contribution in [2.75, 3.05) is 0 Å². The lowest BCUT2D eigenvalue weighted by Crippen LogP contribution is -2.49. The number of amides is 1. The van der Waals surface area contributed by atoms with Gasteiger partial charge in [0.15, 0.2) is 0 Å². The van der Waals surface area contributed by atoms with Gasteiger partial charge in [-0.25, -0.2) is 0 Å². The largest absolute Gasteiger partial charge is 0.369 e. The van der Waals surface area contributed by atoms with Gasteiger partial charge in [0.25, 0.3) is 0 Å². The number of dihydropyridines is 1. The zero-order valence-corrected chi connectivity index (χ0v) is 10.6. The van der Waals surface area contributed by atoms with Crippen LogP contribution in [0.5, 0.6) is 0 Å². The van der Waals surface area contributed by atoms with E-state index in [0.717, 1.165) is 16.8 Å². The molecule has 1 aliphatic rings. The molecule has 1 aliphatic heterocycles. The van der Waals surface area contributed by atoms with E-state index in [0.29, 0.717) is 0 Å². The molecule has 0 saturated heterocycles. The van der Waals surface area contributed by atoms with Crippen molar-refractivity contribution in [1.82, 2.24) is 0 Å². The smallest absolute Gasteiger partial charge is 0.228 e. The Kier molecular flexibility index (Phi) is 3.05. The molecular weight excluding hydrogens is 226 g/mol. The minimum atomic E-state index is -1.10. The van der Waals surface area contributed by atoms with Crippen molar-refractivity contribution in [3.8, 4) is 0 Å². The maximum absolute atomic E-state index is 11.6. The molecule has 4 nitrogen and oxygen atoms in total. The van der Waals surface area contributed by atoms with Crippen LogP contribution in [0.1, 0.15) is 19.4 Å². The van der Waals surface area contributed by atoms with Gasteiger partial charge < -0.3 is 11.5 Å². The summed E-state index contributed by atoms with van der Waals surface area (Å²) in [5.74, 6) is -1.08. The second-order valence-electron chi connectivity index (χ2n) is 4.62. The second-order valence-corrected chi connectivity index (χ2v) is 4.62. The molecule has 2 unspecified atom stereocenters. The van der Waals surface area contributed by atoms with Gasteiger partial charge in [-0.05, 0) is 25.0 Å². The Bertz CT molecular complexity index is 533. The van der Waals surface area contributed by atoms with Gasteiger partial charge in [0.05, 0.1) is 5.92 Å². The second kappa shape index (κ2) is 4.38. The minimum Gasteiger partial charge on any atom is -0.369 e. The number of nitrogens with two attached hydrogens (primary N) is 2. The van der Waals surface area contributed by atoms with Gasteiger partial charge in [0, 0.05) is 5.71 Å². The number of nitrogens with zero attached hydrogens (tertiary/aromatic N) is 1. The van der Waals surface area contributed by atoms with E-state index in [1.54, 1.807) is 6.08 Å². The molecule has 1 heterocycles. The average Bonchev–Trinajstić information content (AvgIpc) is 2.34. The third-order valence-electron chi connectivity index (χ3n) is 3.36. The average molecular weight is 243 g/mol. The molecule has 2 rings (SSSR count). The first-order valence-corrected chi connectivity index (χ1v) is 5.84. The topological polar surface area (TPSA) is 81.5 Å². The van der Waals surface area contributed by atoms with Gasteiger partial charge in [-0.1, -0.05) is 36.4 Å². The van der Waals surface area contributed by atoms with Crippen molar-refractivity contribution in [2.24, 2.45) is 22.4 Å². The molecular formula is C14H17N3O. The number of hydrogen-bond donors (Lipinski definition) is 2. The van der Waals surface area contributed by atoms with E-state index in [1.165, 1.54) is 0 Å². The van der Waals surface area contributed by atoms with E-state index in [4.69, 9.17) is 11.5 Å². The van der Waals surface area contributed by atoms with E-state index in [-0.39, 0.29) is 0 Å². The van der Waals surface area contributed by atoms with Gasteiger partial charge in [-0.3, -0.25) is 9.79 Å². The van der Waals surface area contributed by atoms with E-state index < -0.39 is 17.5 Å². The van der Waals surface area contributed by atoms with Crippen LogP contribution in [0.2, 0.25) is 0 Å². The van der Waals surface area contributed by atoms with E-state index in [1.807, 2.05) is 44.2 Å². The summed E-state index contributed by atoms with van der Waals surface area (Å²) in [5.41, 5.74) is 13.3. The molecule has 0 aliphatic carbocycles. The van der Waals surface area contributed by atoms with Crippen LogP contribution in [0.25, 0.3) is 0 Å². The Balaban J connectivity index is 2.56. The monoisotopic (exact) mass is 243 g/mol. The fourth-order valence-corrected chi connectivity index (χ4v) is 2.18. The van der Waals surface area contributed by atoms with E-state index in [2.05, 4.69) is 4.99 Å². The molecule has 94 valence electrons. The Morgan fingerprint density at radius 3 is 2.44 bits per heavy atom. The molecule has 0 aromatic heterocycles. The highest BCUT2D eigenvalue weighted by atomic mass is 16.1. The zero-order chi connectivity index (χ0) is 13.3. The molecule has 2 atom stereocenters. The number of primary amides is 1. The normalized spacial score (nSPS) is 27.4. The van der Waals surface area contributed by atoms with Gasteiger partial charge >= 0.3 is 0 Å². The molecule has 1 aromatic carbocycles. The molecule has 0 bridgehead atoms. The van der Waals surface area contributed by atoms with Gasteiger partial charge in [0.2, 0.25) is 5.91 Å². The molecule has 1 amide bonds. The Morgan fingerprint density at radius 1 is 1.28 bits per heavy atom. The van der Waals surface area contributed by atoms with E-state index in [9.17, 15) is 4.79 Å². The number of carbonyl (C=O) groups is 1. The van der Waals surface area contributed by atoms with Gasteiger partial charge in [-0.15, -0.1) is 0 Å². The third-order valence-corrected chi connectivity index (χ3v) is 3.36. The standard InChI is InChI=1S/C14H17N3O/c1-9-8-12(13(15)18)14(16,17-10(9)2)11-6-4-3-5-7-11/h3-8,12H,16H2,1-2H3,(H2,15,18). The van der Waals surface area contributed by atoms with Crippen LogP contribution in [0.15, 0.2) is 47.0 Å². The summed E-state index contributed by atoms with van der Waals surface area (Å²) >= 11 is 0. The summed E-state index contributed by atoms with van der Waals surface area (Å²) in [5, 5.41) is 0. The van der Waals surface area contributed by atoms with Gasteiger partial charge in [0.1, 0.15) is 5.66 Å². The first-order chi connectivity index (χ1) is 8.45. The highest BCUT2D eigenvalue weighted by molar-refractivity contribution is 6.00. The van der Waals surface area contributed by atoms with Crippen LogP contribution in [-0.2, 0) is 10.5 Å². The fourth-order valence-electron chi connectivity index (χ4n) is 2.18. The van der Waals surface area contributed by atoms with Crippen molar-refractivity contribution in [1.29, 1.82) is 0 Å². The van der Waals surface area contributed by atoms with E-state index >= 15 is 0 Å². The summed E-state index contributed by atoms with van der Waals surface area (Å²) in [6.07, 6.45) is 1.80. The maximum Gasteiger partial charge on any atom is 0.228 e. The number of allylic oxidation sites excluding steroid dienone is 1. The van der Waals surface area contributed by atoms with Crippen molar-refractivity contribution < 1.29 is 4.79 Å². The highest BCUT2D eigenvalue weighted by Crippen LogP contribution is 2.34. The summed E-state index contributed by atoms with van der Waals surface area (Å²) in [4.78, 5) is 16.1. The maximum atomic E-state index is 11.6. The van der Waals surface area contributed by atoms with Crippen LogP contribution in [0.4, 0.5) is 0 Å². The molecule has 0 spiro atoms. The summed E-state index contributed by atoms with van der Waals surface area (Å²) in [6.45, 7) is 3.78. The summed E-state index contributed by atoms with van der Waals surface area (Å²) in [6, 6.07) is 9.37. The minimum absolute atomic E-state index is 0.461. The van der Waals surface area contributed by atoms with Crippen molar-refractivity contribution >= 4 is 11.6 Å². The lowest BCUT2D eigenvalue weighted by Gasteiger charge is -2.35. The first kappa shape index (κ1) is 12.5. The number of carbonyl (C=O) groups excluding carboxylic acids is 1. The summed E-state index contributed by atoms with van der Waals surface area (Å²) < 4.78 is 0. The van der Waals surface area contributed by atoms with Crippen molar-refractivity contribution in [3.05, 3.63) is 47.5 Å². The van der Waals surface area contributed by atoms with Crippen molar-refractivity contribution in [2.45, 2.75) is 19.5 Å². The zero-order valence-electron chi connectivity index (χ0n) is 10.6. The number of benzene rings is 1. The van der Waals surface area contributed by atoms with Crippen molar-refractivity contribution in [3.63, 3.8) is 0 Å². The lowest BCUT2D eigenvalue weighted by atomic mass is 9.82. The highest BCUT2D eigenvalue weighted by Gasteiger charge is 2.41. The van der Waals surface area contributed by atoms with Crippen LogP contribution in [0, 0.1) is 5.92 Å². The Labute approximate surface area is 106 Å². The SMILES string of the molecule is CC1=CC(C(N)=O)C(N)(c2ccccc2)N=C1C. The third kappa shape index (κ3) is 1.95. The predicted octanol–water partition coefficient (Wildman–Crippen LogP) is 1.32. The lowest BCUT2D eigenvalue weighted by molar-refractivity contribution is -0.122. The fraction of sp³-hybridized carbons (Fsp3) is 0.286. The molecule has 0 fully saturated rings. The molecule has 0 radical (unpaired) electrons. The van der Waals surface area contributed by atoms with Gasteiger partial charge in [-0.2, -0.15) is 0 Å². The molecule has 1 aromatic rings. The Hall–Kier alpha value is -1.94. The van der Waals surface area contributed by atoms with Crippen LogP contribution < -0.4 is 11.5 Å². The van der Waals surface area contributed by atoms with Crippen LogP contribution >= 0.6 is 0 Å². The first-order valence-electron chi connectivity index (χ1n) is 5.84. The van der Waals surface area contributed by atoms with Crippen LogP contribution in [-0.4, -0.2) is 11.6 Å². The number of hydrogen-bond acceptors (Lipinski definition) is 3.